The molecule has 1 aromatic carbocycles. The summed E-state index contributed by atoms with van der Waals surface area (Å²) in [6, 6.07) is 8.03. The number of ether oxygens (including phenoxy) is 1. The second-order valence-corrected chi connectivity index (χ2v) is 5.79. The van der Waals surface area contributed by atoms with Crippen LogP contribution in [-0.2, 0) is 0 Å². The minimum Gasteiger partial charge on any atom is -0.491 e. The molecule has 1 nitrogen and oxygen atoms in total. The van der Waals surface area contributed by atoms with Gasteiger partial charge in [-0.3, -0.25) is 0 Å². The van der Waals surface area contributed by atoms with Gasteiger partial charge in [0.1, 0.15) is 5.75 Å². The monoisotopic (exact) mass is 280 g/mol. The summed E-state index contributed by atoms with van der Waals surface area (Å²) in [4.78, 5) is 0. The third-order valence-corrected chi connectivity index (χ3v) is 4.08. The molecule has 0 bridgehead atoms. The van der Waals surface area contributed by atoms with E-state index in [-0.39, 0.29) is 11.5 Å². The number of rotatable bonds is 4. The van der Waals surface area contributed by atoms with E-state index < -0.39 is 0 Å². The van der Waals surface area contributed by atoms with E-state index in [0.717, 1.165) is 11.3 Å². The van der Waals surface area contributed by atoms with Crippen LogP contribution < -0.4 is 4.74 Å². The summed E-state index contributed by atoms with van der Waals surface area (Å²) in [5, 5.41) is 4.16. The molecule has 0 aliphatic heterocycles. The number of thiophene rings is 1. The molecule has 0 saturated carbocycles. The minimum atomic E-state index is -0.0793. The van der Waals surface area contributed by atoms with Crippen molar-refractivity contribution in [3.05, 3.63) is 51.7 Å². The maximum absolute atomic E-state index is 6.50. The molecule has 1 heterocycles. The van der Waals surface area contributed by atoms with Crippen molar-refractivity contribution in [1.29, 1.82) is 0 Å². The quantitative estimate of drug-likeness (QED) is 0.702. The topological polar surface area (TPSA) is 9.23 Å². The lowest BCUT2D eigenvalue weighted by molar-refractivity contribution is 0.242. The molecule has 1 aromatic heterocycles. The van der Waals surface area contributed by atoms with Crippen LogP contribution in [0, 0.1) is 6.92 Å². The molecule has 0 aliphatic rings. The standard InChI is InChI=1S/C15H17ClOS/c1-10(2)17-13-6-4-12(5-7-13)15(16)14-9-18-8-11(14)3/h4-10,15H,1-3H3. The van der Waals surface area contributed by atoms with E-state index in [9.17, 15) is 0 Å². The summed E-state index contributed by atoms with van der Waals surface area (Å²) >= 11 is 8.19. The lowest BCUT2D eigenvalue weighted by atomic mass is 10.0. The van der Waals surface area contributed by atoms with Crippen LogP contribution in [-0.4, -0.2) is 6.10 Å². The zero-order valence-electron chi connectivity index (χ0n) is 10.8. The highest BCUT2D eigenvalue weighted by molar-refractivity contribution is 7.08. The van der Waals surface area contributed by atoms with Crippen LogP contribution in [0.3, 0.4) is 0 Å². The van der Waals surface area contributed by atoms with Gasteiger partial charge in [0.05, 0.1) is 11.5 Å². The normalized spacial score (nSPS) is 12.7. The van der Waals surface area contributed by atoms with Crippen LogP contribution in [0.1, 0.15) is 35.9 Å². The van der Waals surface area contributed by atoms with Gasteiger partial charge in [-0.1, -0.05) is 12.1 Å². The zero-order valence-corrected chi connectivity index (χ0v) is 12.4. The average molecular weight is 281 g/mol. The highest BCUT2D eigenvalue weighted by Crippen LogP contribution is 2.33. The Balaban J connectivity index is 2.17. The Hall–Kier alpha value is -0.990. The zero-order chi connectivity index (χ0) is 13.1. The fraction of sp³-hybridized carbons (Fsp3) is 0.333. The molecule has 2 rings (SSSR count). The molecule has 0 amide bonds. The molecule has 18 heavy (non-hydrogen) atoms. The van der Waals surface area contributed by atoms with Crippen molar-refractivity contribution in [3.63, 3.8) is 0 Å². The fourth-order valence-corrected chi connectivity index (χ4v) is 3.13. The summed E-state index contributed by atoms with van der Waals surface area (Å²) < 4.78 is 5.62. The molecule has 0 saturated heterocycles. The van der Waals surface area contributed by atoms with Crippen molar-refractivity contribution >= 4 is 22.9 Å². The first kappa shape index (κ1) is 13.4. The average Bonchev–Trinajstić information content (AvgIpc) is 2.75. The van der Waals surface area contributed by atoms with Gasteiger partial charge in [-0.2, -0.15) is 11.3 Å². The highest BCUT2D eigenvalue weighted by Gasteiger charge is 2.13. The molecule has 1 unspecified atom stereocenters. The minimum absolute atomic E-state index is 0.0793. The van der Waals surface area contributed by atoms with Gasteiger partial charge in [-0.15, -0.1) is 11.6 Å². The van der Waals surface area contributed by atoms with Crippen molar-refractivity contribution in [2.24, 2.45) is 0 Å². The number of halogens is 1. The van der Waals surface area contributed by atoms with Gasteiger partial charge in [0.25, 0.3) is 0 Å². The van der Waals surface area contributed by atoms with Gasteiger partial charge < -0.3 is 4.74 Å². The maximum Gasteiger partial charge on any atom is 0.119 e. The lowest BCUT2D eigenvalue weighted by Gasteiger charge is -2.13. The Morgan fingerprint density at radius 1 is 1.11 bits per heavy atom. The predicted molar refractivity (Wildman–Crippen MR) is 79.0 cm³/mol. The van der Waals surface area contributed by atoms with Gasteiger partial charge in [0, 0.05) is 0 Å². The Kier molecular flexibility index (Phi) is 4.31. The highest BCUT2D eigenvalue weighted by atomic mass is 35.5. The van der Waals surface area contributed by atoms with Crippen LogP contribution >= 0.6 is 22.9 Å². The largest absolute Gasteiger partial charge is 0.491 e. The Bertz CT molecular complexity index is 501. The summed E-state index contributed by atoms with van der Waals surface area (Å²) in [5.74, 6) is 0.889. The first-order valence-electron chi connectivity index (χ1n) is 6.01. The van der Waals surface area contributed by atoms with Crippen LogP contribution in [0.25, 0.3) is 0 Å². The van der Waals surface area contributed by atoms with Gasteiger partial charge in [-0.05, 0) is 60.4 Å². The molecule has 96 valence electrons. The van der Waals surface area contributed by atoms with Crippen molar-refractivity contribution in [2.45, 2.75) is 32.3 Å². The van der Waals surface area contributed by atoms with Crippen LogP contribution in [0.2, 0.25) is 0 Å². The van der Waals surface area contributed by atoms with Crippen molar-refractivity contribution in [1.82, 2.24) is 0 Å². The first-order valence-corrected chi connectivity index (χ1v) is 7.39. The molecule has 1 atom stereocenters. The lowest BCUT2D eigenvalue weighted by Crippen LogP contribution is -2.05. The summed E-state index contributed by atoms with van der Waals surface area (Å²) in [6.07, 6.45) is 0.196. The molecule has 0 aliphatic carbocycles. The van der Waals surface area contributed by atoms with Gasteiger partial charge in [0.15, 0.2) is 0 Å². The third kappa shape index (κ3) is 3.06. The summed E-state index contributed by atoms with van der Waals surface area (Å²) in [7, 11) is 0. The van der Waals surface area contributed by atoms with E-state index in [4.69, 9.17) is 16.3 Å². The second kappa shape index (κ2) is 5.77. The van der Waals surface area contributed by atoms with E-state index in [0.29, 0.717) is 0 Å². The molecule has 0 N–H and O–H groups in total. The van der Waals surface area contributed by atoms with Crippen LogP contribution in [0.15, 0.2) is 35.0 Å². The van der Waals surface area contributed by atoms with E-state index >= 15 is 0 Å². The Labute approximate surface area is 117 Å². The predicted octanol–water partition coefficient (Wildman–Crippen LogP) is 5.17. The van der Waals surface area contributed by atoms with E-state index in [1.54, 1.807) is 11.3 Å². The Morgan fingerprint density at radius 2 is 1.78 bits per heavy atom. The number of hydrogen-bond donors (Lipinski definition) is 0. The third-order valence-electron chi connectivity index (χ3n) is 2.71. The molecule has 3 heteroatoms. The van der Waals surface area contributed by atoms with E-state index in [1.165, 1.54) is 11.1 Å². The molecule has 2 aromatic rings. The van der Waals surface area contributed by atoms with Gasteiger partial charge in [-0.25, -0.2) is 0 Å². The number of benzene rings is 1. The van der Waals surface area contributed by atoms with Crippen LogP contribution in [0.5, 0.6) is 5.75 Å². The van der Waals surface area contributed by atoms with Crippen molar-refractivity contribution < 1.29 is 4.74 Å². The smallest absolute Gasteiger partial charge is 0.119 e. The van der Waals surface area contributed by atoms with Gasteiger partial charge in [0.2, 0.25) is 0 Å². The molecular formula is C15H17ClOS. The SMILES string of the molecule is Cc1cscc1C(Cl)c1ccc(OC(C)C)cc1. The first-order chi connectivity index (χ1) is 8.58. The Morgan fingerprint density at radius 3 is 2.28 bits per heavy atom. The number of alkyl halides is 1. The van der Waals surface area contributed by atoms with Gasteiger partial charge >= 0.3 is 0 Å². The van der Waals surface area contributed by atoms with E-state index in [1.807, 2.05) is 38.1 Å². The summed E-state index contributed by atoms with van der Waals surface area (Å²) in [6.45, 7) is 6.14. The van der Waals surface area contributed by atoms with E-state index in [2.05, 4.69) is 17.7 Å². The molecule has 0 fully saturated rings. The van der Waals surface area contributed by atoms with Crippen molar-refractivity contribution in [2.75, 3.05) is 0 Å². The van der Waals surface area contributed by atoms with Crippen LogP contribution in [0.4, 0.5) is 0 Å². The second-order valence-electron chi connectivity index (χ2n) is 4.61. The maximum atomic E-state index is 6.50. The molecule has 0 radical (unpaired) electrons. The molecular weight excluding hydrogens is 264 g/mol. The molecule has 0 spiro atoms. The van der Waals surface area contributed by atoms with Crippen molar-refractivity contribution in [3.8, 4) is 5.75 Å². The number of aryl methyl sites for hydroxylation is 1. The number of hydrogen-bond acceptors (Lipinski definition) is 2. The summed E-state index contributed by atoms with van der Waals surface area (Å²) in [5.41, 5.74) is 3.55. The fourth-order valence-electron chi connectivity index (χ4n) is 1.80.